The molecule has 1 heterocycles. The van der Waals surface area contributed by atoms with Crippen molar-refractivity contribution in [3.8, 4) is 23.0 Å². The third-order valence-electron chi connectivity index (χ3n) is 8.13. The standard InChI is InChI=1S/C36H47N3O5/c1-6-26(2)27-17-19-29(20-18-27)44-23-13-12-22-39-31-15-10-9-14-30(31)38-34(39)16-8-7-11-21-37-36(40)28-24-32(41-3)35(43-5)33(25-28)42-4/h9-10,14-15,17-20,24-26H,6-8,11-13,16,21-23H2,1-5H3,(H,37,40). The molecule has 0 spiro atoms. The molecule has 1 atom stereocenters. The minimum Gasteiger partial charge on any atom is -0.494 e. The van der Waals surface area contributed by atoms with Crippen LogP contribution < -0.4 is 24.3 Å². The number of amides is 1. The van der Waals surface area contributed by atoms with E-state index in [1.54, 1.807) is 19.2 Å². The highest BCUT2D eigenvalue weighted by Gasteiger charge is 2.17. The number of unbranched alkanes of at least 4 members (excludes halogenated alkanes) is 3. The fourth-order valence-electron chi connectivity index (χ4n) is 5.36. The number of benzene rings is 3. The Bertz CT molecular complexity index is 1460. The van der Waals surface area contributed by atoms with E-state index in [4.69, 9.17) is 23.9 Å². The van der Waals surface area contributed by atoms with Gasteiger partial charge in [0.2, 0.25) is 5.75 Å². The third-order valence-corrected chi connectivity index (χ3v) is 8.13. The van der Waals surface area contributed by atoms with E-state index in [-0.39, 0.29) is 5.91 Å². The van der Waals surface area contributed by atoms with E-state index in [0.29, 0.717) is 41.9 Å². The predicted octanol–water partition coefficient (Wildman–Crippen LogP) is 7.58. The first-order chi connectivity index (χ1) is 21.5. The van der Waals surface area contributed by atoms with Crippen LogP contribution in [0.1, 0.15) is 80.0 Å². The van der Waals surface area contributed by atoms with E-state index < -0.39 is 0 Å². The number of aromatic nitrogens is 2. The Morgan fingerprint density at radius 2 is 1.61 bits per heavy atom. The largest absolute Gasteiger partial charge is 0.494 e. The molecule has 1 aromatic heterocycles. The van der Waals surface area contributed by atoms with Gasteiger partial charge in [-0.05, 0) is 80.0 Å². The summed E-state index contributed by atoms with van der Waals surface area (Å²) in [5.74, 6) is 3.84. The zero-order valence-electron chi connectivity index (χ0n) is 26.9. The smallest absolute Gasteiger partial charge is 0.251 e. The van der Waals surface area contributed by atoms with Crippen LogP contribution in [0, 0.1) is 0 Å². The highest BCUT2D eigenvalue weighted by Crippen LogP contribution is 2.38. The molecule has 0 fully saturated rings. The minimum atomic E-state index is -0.168. The summed E-state index contributed by atoms with van der Waals surface area (Å²) >= 11 is 0. The van der Waals surface area contributed by atoms with Crippen LogP contribution in [0.15, 0.2) is 60.7 Å². The number of rotatable bonds is 18. The summed E-state index contributed by atoms with van der Waals surface area (Å²) in [5, 5.41) is 3.01. The quantitative estimate of drug-likeness (QED) is 0.118. The normalized spacial score (nSPS) is 11.8. The van der Waals surface area contributed by atoms with Gasteiger partial charge in [0.15, 0.2) is 11.5 Å². The van der Waals surface area contributed by atoms with Crippen molar-refractivity contribution in [3.05, 3.63) is 77.6 Å². The molecule has 0 aliphatic heterocycles. The molecule has 8 heteroatoms. The highest BCUT2D eigenvalue weighted by atomic mass is 16.5. The van der Waals surface area contributed by atoms with Crippen LogP contribution in [0.2, 0.25) is 0 Å². The van der Waals surface area contributed by atoms with Crippen LogP contribution in [0.25, 0.3) is 11.0 Å². The molecule has 0 saturated carbocycles. The van der Waals surface area contributed by atoms with Crippen LogP contribution in [0.5, 0.6) is 23.0 Å². The summed E-state index contributed by atoms with van der Waals surface area (Å²) in [5.41, 5.74) is 4.05. The number of aryl methyl sites for hydroxylation is 2. The number of carbonyl (C=O) groups excluding carboxylic acids is 1. The predicted molar refractivity (Wildman–Crippen MR) is 176 cm³/mol. The van der Waals surface area contributed by atoms with Gasteiger partial charge in [-0.1, -0.05) is 44.5 Å². The van der Waals surface area contributed by atoms with Gasteiger partial charge >= 0.3 is 0 Å². The number of para-hydroxylation sites is 2. The molecule has 0 aliphatic carbocycles. The summed E-state index contributed by atoms with van der Waals surface area (Å²) in [6, 6.07) is 20.2. The number of nitrogens with zero attached hydrogens (tertiary/aromatic N) is 2. The van der Waals surface area contributed by atoms with Gasteiger partial charge in [0.1, 0.15) is 11.6 Å². The van der Waals surface area contributed by atoms with Crippen LogP contribution in [-0.4, -0.2) is 49.9 Å². The van der Waals surface area contributed by atoms with Crippen LogP contribution in [0.3, 0.4) is 0 Å². The summed E-state index contributed by atoms with van der Waals surface area (Å²) in [7, 11) is 4.62. The van der Waals surface area contributed by atoms with Crippen molar-refractivity contribution < 1.29 is 23.7 Å². The molecule has 4 rings (SSSR count). The number of nitrogens with one attached hydrogen (secondary N) is 1. The molecule has 0 aliphatic rings. The average molecular weight is 602 g/mol. The molecule has 8 nitrogen and oxygen atoms in total. The van der Waals surface area contributed by atoms with Crippen molar-refractivity contribution in [2.45, 2.75) is 71.3 Å². The summed E-state index contributed by atoms with van der Waals surface area (Å²) < 4.78 is 24.5. The van der Waals surface area contributed by atoms with Gasteiger partial charge in [-0.2, -0.15) is 0 Å². The van der Waals surface area contributed by atoms with Crippen molar-refractivity contribution in [3.63, 3.8) is 0 Å². The Balaban J connectivity index is 1.22. The molecular weight excluding hydrogens is 554 g/mol. The molecule has 3 aromatic carbocycles. The first kappa shape index (κ1) is 32.7. The van der Waals surface area contributed by atoms with Crippen molar-refractivity contribution in [2.24, 2.45) is 0 Å². The Labute approximate surface area is 261 Å². The number of fused-ring (bicyclic) bond motifs is 1. The second kappa shape index (κ2) is 16.6. The lowest BCUT2D eigenvalue weighted by molar-refractivity contribution is 0.0952. The molecule has 44 heavy (non-hydrogen) atoms. The highest BCUT2D eigenvalue weighted by molar-refractivity contribution is 5.95. The molecule has 4 aromatic rings. The maximum Gasteiger partial charge on any atom is 0.251 e. The molecule has 1 amide bonds. The minimum absolute atomic E-state index is 0.168. The molecule has 0 saturated heterocycles. The summed E-state index contributed by atoms with van der Waals surface area (Å²) in [4.78, 5) is 17.7. The average Bonchev–Trinajstić information content (AvgIpc) is 3.42. The topological polar surface area (TPSA) is 83.8 Å². The maximum absolute atomic E-state index is 12.8. The van der Waals surface area contributed by atoms with Gasteiger partial charge in [-0.25, -0.2) is 4.98 Å². The van der Waals surface area contributed by atoms with E-state index in [1.807, 2.05) is 6.07 Å². The molecule has 1 unspecified atom stereocenters. The molecule has 0 bridgehead atoms. The van der Waals surface area contributed by atoms with Crippen LogP contribution in [-0.2, 0) is 13.0 Å². The fraction of sp³-hybridized carbons (Fsp3) is 0.444. The van der Waals surface area contributed by atoms with Gasteiger partial charge in [0.25, 0.3) is 5.91 Å². The van der Waals surface area contributed by atoms with Crippen molar-refractivity contribution in [1.82, 2.24) is 14.9 Å². The van der Waals surface area contributed by atoms with E-state index in [2.05, 4.69) is 66.2 Å². The summed E-state index contributed by atoms with van der Waals surface area (Å²) in [6.45, 7) is 6.67. The lowest BCUT2D eigenvalue weighted by atomic mass is 9.99. The van der Waals surface area contributed by atoms with Gasteiger partial charge in [0.05, 0.1) is 39.0 Å². The van der Waals surface area contributed by atoms with Crippen LogP contribution in [0.4, 0.5) is 0 Å². The van der Waals surface area contributed by atoms with E-state index in [9.17, 15) is 4.79 Å². The monoisotopic (exact) mass is 601 g/mol. The Morgan fingerprint density at radius 1 is 0.886 bits per heavy atom. The zero-order chi connectivity index (χ0) is 31.3. The molecule has 236 valence electrons. The second-order valence-electron chi connectivity index (χ2n) is 11.1. The fourth-order valence-corrected chi connectivity index (χ4v) is 5.36. The Hall–Kier alpha value is -4.20. The Kier molecular flexibility index (Phi) is 12.3. The van der Waals surface area contributed by atoms with Crippen molar-refractivity contribution in [2.75, 3.05) is 34.5 Å². The van der Waals surface area contributed by atoms with Crippen molar-refractivity contribution >= 4 is 16.9 Å². The summed E-state index contributed by atoms with van der Waals surface area (Å²) in [6.07, 6.45) is 6.90. The number of hydrogen-bond acceptors (Lipinski definition) is 6. The third kappa shape index (κ3) is 8.46. The zero-order valence-corrected chi connectivity index (χ0v) is 26.9. The Morgan fingerprint density at radius 3 is 2.30 bits per heavy atom. The maximum atomic E-state index is 12.8. The lowest BCUT2D eigenvalue weighted by Crippen LogP contribution is -2.24. The SMILES string of the molecule is CCC(C)c1ccc(OCCCCn2c(CCCCCNC(=O)c3cc(OC)c(OC)c(OC)c3)nc3ccccc32)cc1. The van der Waals surface area contributed by atoms with Gasteiger partial charge < -0.3 is 28.8 Å². The number of methoxy groups -OCH3 is 3. The number of carbonyl (C=O) groups is 1. The van der Waals surface area contributed by atoms with Crippen molar-refractivity contribution in [1.29, 1.82) is 0 Å². The molecular formula is C36H47N3O5. The van der Waals surface area contributed by atoms with Gasteiger partial charge in [-0.15, -0.1) is 0 Å². The van der Waals surface area contributed by atoms with Crippen LogP contribution >= 0.6 is 0 Å². The number of ether oxygens (including phenoxy) is 4. The van der Waals surface area contributed by atoms with E-state index in [1.165, 1.54) is 25.3 Å². The number of imidazole rings is 1. The molecule has 0 radical (unpaired) electrons. The first-order valence-electron chi connectivity index (χ1n) is 15.7. The lowest BCUT2D eigenvalue weighted by Gasteiger charge is -2.14. The van der Waals surface area contributed by atoms with E-state index in [0.717, 1.165) is 68.6 Å². The van der Waals surface area contributed by atoms with Gasteiger partial charge in [0, 0.05) is 25.1 Å². The second-order valence-corrected chi connectivity index (χ2v) is 11.1. The number of hydrogen-bond donors (Lipinski definition) is 1. The van der Waals surface area contributed by atoms with Gasteiger partial charge in [-0.3, -0.25) is 4.79 Å². The van der Waals surface area contributed by atoms with E-state index >= 15 is 0 Å². The first-order valence-corrected chi connectivity index (χ1v) is 15.7. The molecule has 1 N–H and O–H groups in total.